The van der Waals surface area contributed by atoms with Crippen molar-refractivity contribution < 1.29 is 18.0 Å². The van der Waals surface area contributed by atoms with E-state index >= 15 is 0 Å². The average Bonchev–Trinajstić information content (AvgIpc) is 3.02. The van der Waals surface area contributed by atoms with E-state index in [1.54, 1.807) is 18.2 Å². The van der Waals surface area contributed by atoms with E-state index in [1.165, 1.54) is 0 Å². The summed E-state index contributed by atoms with van der Waals surface area (Å²) in [5.74, 6) is -2.12. The molecule has 8 heteroatoms. The Hall–Kier alpha value is -1.99. The molecule has 1 aromatic carbocycles. The van der Waals surface area contributed by atoms with Crippen molar-refractivity contribution in [2.75, 3.05) is 11.9 Å². The molecule has 0 bridgehead atoms. The van der Waals surface area contributed by atoms with Crippen molar-refractivity contribution in [1.29, 1.82) is 0 Å². The van der Waals surface area contributed by atoms with E-state index in [0.717, 1.165) is 11.5 Å². The van der Waals surface area contributed by atoms with Gasteiger partial charge in [-0.2, -0.15) is 0 Å². The van der Waals surface area contributed by atoms with E-state index in [9.17, 15) is 13.6 Å². The summed E-state index contributed by atoms with van der Waals surface area (Å²) in [6.45, 7) is 3.20. The molecule has 1 unspecified atom stereocenters. The van der Waals surface area contributed by atoms with Crippen LogP contribution in [0.3, 0.4) is 0 Å². The van der Waals surface area contributed by atoms with Crippen LogP contribution < -0.4 is 10.6 Å². The highest BCUT2D eigenvalue weighted by molar-refractivity contribution is 5.95. The van der Waals surface area contributed by atoms with Crippen molar-refractivity contribution in [3.8, 4) is 11.5 Å². The standard InChI is InChI=1S/C16H17F2N3O2.ClH/c1-9-10(2)23-15(20-9)11-4-3-5-12(6-11)21-14(22)13-7-16(17,18)8-19-13;/h3-6,13,19H,7-8H2,1-2H3,(H,21,22);1H. The van der Waals surface area contributed by atoms with Gasteiger partial charge in [-0.1, -0.05) is 6.07 Å². The number of aryl methyl sites for hydroxylation is 2. The number of hydrogen-bond donors (Lipinski definition) is 2. The van der Waals surface area contributed by atoms with Gasteiger partial charge in [0.25, 0.3) is 5.92 Å². The van der Waals surface area contributed by atoms with Crippen LogP contribution in [0.5, 0.6) is 0 Å². The smallest absolute Gasteiger partial charge is 0.262 e. The molecule has 1 saturated heterocycles. The lowest BCUT2D eigenvalue weighted by atomic mass is 10.1. The predicted octanol–water partition coefficient (Wildman–Crippen LogP) is 3.32. The quantitative estimate of drug-likeness (QED) is 0.884. The Morgan fingerprint density at radius 1 is 1.42 bits per heavy atom. The van der Waals surface area contributed by atoms with Crippen LogP contribution in [-0.2, 0) is 4.79 Å². The number of rotatable bonds is 3. The molecule has 2 heterocycles. The van der Waals surface area contributed by atoms with Gasteiger partial charge in [0, 0.05) is 17.7 Å². The van der Waals surface area contributed by atoms with E-state index in [1.807, 2.05) is 19.9 Å². The summed E-state index contributed by atoms with van der Waals surface area (Å²) in [4.78, 5) is 16.4. The zero-order valence-electron chi connectivity index (χ0n) is 13.2. The van der Waals surface area contributed by atoms with Gasteiger partial charge in [-0.05, 0) is 32.0 Å². The van der Waals surface area contributed by atoms with Gasteiger partial charge in [-0.25, -0.2) is 13.8 Å². The fourth-order valence-corrected chi connectivity index (χ4v) is 2.46. The van der Waals surface area contributed by atoms with Crippen molar-refractivity contribution in [1.82, 2.24) is 10.3 Å². The zero-order chi connectivity index (χ0) is 16.6. The molecule has 1 aliphatic rings. The first-order valence-corrected chi connectivity index (χ1v) is 7.31. The molecule has 2 aromatic rings. The van der Waals surface area contributed by atoms with Crippen molar-refractivity contribution in [2.24, 2.45) is 0 Å². The van der Waals surface area contributed by atoms with Crippen LogP contribution in [-0.4, -0.2) is 29.4 Å². The van der Waals surface area contributed by atoms with Crippen LogP contribution in [0.15, 0.2) is 28.7 Å². The lowest BCUT2D eigenvalue weighted by Gasteiger charge is -2.11. The van der Waals surface area contributed by atoms with E-state index in [4.69, 9.17) is 4.42 Å². The number of carbonyl (C=O) groups excluding carboxylic acids is 1. The summed E-state index contributed by atoms with van der Waals surface area (Å²) in [7, 11) is 0. The number of hydrogen-bond acceptors (Lipinski definition) is 4. The number of aromatic nitrogens is 1. The van der Waals surface area contributed by atoms with E-state index in [2.05, 4.69) is 15.6 Å². The Balaban J connectivity index is 0.00000208. The normalized spacial score (nSPS) is 18.9. The van der Waals surface area contributed by atoms with E-state index in [0.29, 0.717) is 17.1 Å². The molecule has 3 rings (SSSR count). The minimum Gasteiger partial charge on any atom is -0.441 e. The minimum absolute atomic E-state index is 0. The maximum absolute atomic E-state index is 13.2. The molecular weight excluding hydrogens is 340 g/mol. The summed E-state index contributed by atoms with van der Waals surface area (Å²) in [5.41, 5.74) is 2.02. The van der Waals surface area contributed by atoms with Gasteiger partial charge in [0.05, 0.1) is 18.3 Å². The predicted molar refractivity (Wildman–Crippen MR) is 88.6 cm³/mol. The Kier molecular flexibility index (Phi) is 5.25. The summed E-state index contributed by atoms with van der Waals surface area (Å²) < 4.78 is 31.9. The molecule has 5 nitrogen and oxygen atoms in total. The van der Waals surface area contributed by atoms with Crippen LogP contribution in [0.2, 0.25) is 0 Å². The Labute approximate surface area is 144 Å². The number of anilines is 1. The maximum Gasteiger partial charge on any atom is 0.262 e. The van der Waals surface area contributed by atoms with Gasteiger partial charge >= 0.3 is 0 Å². The molecule has 24 heavy (non-hydrogen) atoms. The SMILES string of the molecule is Cc1nc(-c2cccc(NC(=O)C3CC(F)(F)CN3)c2)oc1C.Cl. The molecule has 130 valence electrons. The molecule has 0 saturated carbocycles. The number of amides is 1. The molecule has 2 N–H and O–H groups in total. The molecule has 0 aliphatic carbocycles. The summed E-state index contributed by atoms with van der Waals surface area (Å²) in [5, 5.41) is 5.18. The molecule has 1 amide bonds. The molecule has 1 atom stereocenters. The van der Waals surface area contributed by atoms with Gasteiger partial charge in [-0.3, -0.25) is 10.1 Å². The largest absolute Gasteiger partial charge is 0.441 e. The Morgan fingerprint density at radius 2 is 2.17 bits per heavy atom. The molecule has 0 spiro atoms. The number of alkyl halides is 2. The maximum atomic E-state index is 13.2. The fourth-order valence-electron chi connectivity index (χ4n) is 2.46. The van der Waals surface area contributed by atoms with Crippen LogP contribution in [0.4, 0.5) is 14.5 Å². The van der Waals surface area contributed by atoms with Gasteiger partial charge in [-0.15, -0.1) is 12.4 Å². The number of nitrogens with zero attached hydrogens (tertiary/aromatic N) is 1. The third-order valence-corrected chi connectivity index (χ3v) is 3.83. The second-order valence-electron chi connectivity index (χ2n) is 5.72. The van der Waals surface area contributed by atoms with Crippen LogP contribution >= 0.6 is 12.4 Å². The number of halogens is 3. The Bertz CT molecular complexity index is 729. The number of nitrogens with one attached hydrogen (secondary N) is 2. The topological polar surface area (TPSA) is 67.2 Å². The minimum atomic E-state index is -2.84. The number of benzene rings is 1. The molecule has 1 aliphatic heterocycles. The fraction of sp³-hybridized carbons (Fsp3) is 0.375. The van der Waals surface area contributed by atoms with Crippen molar-refractivity contribution in [2.45, 2.75) is 32.2 Å². The molecule has 1 aromatic heterocycles. The second kappa shape index (κ2) is 6.86. The summed E-state index contributed by atoms with van der Waals surface area (Å²) in [6.07, 6.45) is -0.489. The van der Waals surface area contributed by atoms with Gasteiger partial charge in [0.1, 0.15) is 5.76 Å². The first-order chi connectivity index (χ1) is 10.8. The average molecular weight is 358 g/mol. The van der Waals surface area contributed by atoms with Gasteiger partial charge in [0.2, 0.25) is 11.8 Å². The van der Waals surface area contributed by atoms with Crippen LogP contribution in [0, 0.1) is 13.8 Å². The van der Waals surface area contributed by atoms with Crippen molar-refractivity contribution in [3.63, 3.8) is 0 Å². The number of oxazole rings is 1. The van der Waals surface area contributed by atoms with E-state index in [-0.39, 0.29) is 12.4 Å². The monoisotopic (exact) mass is 357 g/mol. The number of carbonyl (C=O) groups is 1. The first-order valence-electron chi connectivity index (χ1n) is 7.31. The summed E-state index contributed by atoms with van der Waals surface area (Å²) >= 11 is 0. The van der Waals surface area contributed by atoms with Crippen molar-refractivity contribution in [3.05, 3.63) is 35.7 Å². The molecule has 1 fully saturated rings. The molecular formula is C16H18ClF2N3O2. The van der Waals surface area contributed by atoms with E-state index < -0.39 is 30.8 Å². The van der Waals surface area contributed by atoms with Gasteiger partial charge < -0.3 is 9.73 Å². The summed E-state index contributed by atoms with van der Waals surface area (Å²) in [6, 6.07) is 6.06. The molecule has 0 radical (unpaired) electrons. The third kappa shape index (κ3) is 3.91. The lowest BCUT2D eigenvalue weighted by Crippen LogP contribution is -2.35. The highest BCUT2D eigenvalue weighted by Crippen LogP contribution is 2.27. The van der Waals surface area contributed by atoms with Gasteiger partial charge in [0.15, 0.2) is 0 Å². The second-order valence-corrected chi connectivity index (χ2v) is 5.72. The van der Waals surface area contributed by atoms with Crippen LogP contribution in [0.25, 0.3) is 11.5 Å². The third-order valence-electron chi connectivity index (χ3n) is 3.83. The first kappa shape index (κ1) is 18.4. The lowest BCUT2D eigenvalue weighted by molar-refractivity contribution is -0.118. The van der Waals surface area contributed by atoms with Crippen molar-refractivity contribution >= 4 is 24.0 Å². The Morgan fingerprint density at radius 3 is 2.75 bits per heavy atom. The highest BCUT2D eigenvalue weighted by Gasteiger charge is 2.42. The highest BCUT2D eigenvalue weighted by atomic mass is 35.5. The zero-order valence-corrected chi connectivity index (χ0v) is 14.0. The van der Waals surface area contributed by atoms with Crippen LogP contribution in [0.1, 0.15) is 17.9 Å².